The molecule has 1 aliphatic carbocycles. The highest BCUT2D eigenvalue weighted by molar-refractivity contribution is 5.82. The number of hydrogen-bond donors (Lipinski definition) is 0. The third-order valence-corrected chi connectivity index (χ3v) is 1.23. The highest BCUT2D eigenvalue weighted by Gasteiger charge is 2.06. The van der Waals surface area contributed by atoms with E-state index in [4.69, 9.17) is 0 Å². The Morgan fingerprint density at radius 3 is 3.38 bits per heavy atom. The first-order valence-corrected chi connectivity index (χ1v) is 2.52. The van der Waals surface area contributed by atoms with E-state index in [9.17, 15) is 0 Å². The van der Waals surface area contributed by atoms with Crippen LogP contribution in [0.3, 0.4) is 0 Å². The number of nitrogens with zero attached hydrogens (tertiary/aromatic N) is 1. The summed E-state index contributed by atoms with van der Waals surface area (Å²) in [7, 11) is 0. The number of allylic oxidation sites excluding steroid dienone is 4. The first-order valence-electron chi connectivity index (χ1n) is 2.52. The van der Waals surface area contributed by atoms with Gasteiger partial charge in [0.05, 0.1) is 11.9 Å². The molecule has 0 spiro atoms. The molecular weight excluding hydrogens is 98.1 g/mol. The van der Waals surface area contributed by atoms with Gasteiger partial charge in [-0.2, -0.15) is 0 Å². The van der Waals surface area contributed by atoms with Crippen molar-refractivity contribution in [1.82, 2.24) is 0 Å². The molecular formula is C7H4N. The topological polar surface area (TPSA) is 12.4 Å². The zero-order valence-electron chi connectivity index (χ0n) is 4.26. The molecule has 0 fully saturated rings. The fraction of sp³-hybridized carbons (Fsp3) is 0. The summed E-state index contributed by atoms with van der Waals surface area (Å²) < 4.78 is 0. The monoisotopic (exact) mass is 102 g/mol. The maximum Gasteiger partial charge on any atom is 0.0900 e. The van der Waals surface area contributed by atoms with Crippen LogP contribution in [-0.2, 0) is 0 Å². The predicted molar refractivity (Wildman–Crippen MR) is 32.7 cm³/mol. The van der Waals surface area contributed by atoms with Crippen LogP contribution in [0.15, 0.2) is 40.6 Å². The van der Waals surface area contributed by atoms with Crippen LogP contribution in [0.2, 0.25) is 0 Å². The molecule has 1 radical (unpaired) electrons. The standard InChI is InChI=1S/C7H4N/c1-2-6-4-5-8-7(6)3-1/h1-4H. The second-order valence-corrected chi connectivity index (χ2v) is 1.75. The second-order valence-electron chi connectivity index (χ2n) is 1.75. The summed E-state index contributed by atoms with van der Waals surface area (Å²) in [5, 5.41) is 0. The van der Waals surface area contributed by atoms with E-state index in [0.29, 0.717) is 0 Å². The van der Waals surface area contributed by atoms with Crippen LogP contribution in [0.4, 0.5) is 0 Å². The van der Waals surface area contributed by atoms with Crippen molar-refractivity contribution in [3.8, 4) is 0 Å². The van der Waals surface area contributed by atoms with Crippen LogP contribution in [0.1, 0.15) is 0 Å². The van der Waals surface area contributed by atoms with Gasteiger partial charge in [-0.25, -0.2) is 4.99 Å². The van der Waals surface area contributed by atoms with E-state index in [1.807, 2.05) is 24.3 Å². The Morgan fingerprint density at radius 1 is 1.50 bits per heavy atom. The summed E-state index contributed by atoms with van der Waals surface area (Å²) in [5.74, 6) is 0. The Hall–Kier alpha value is -1.11. The molecule has 0 aromatic heterocycles. The maximum absolute atomic E-state index is 3.95. The third-order valence-electron chi connectivity index (χ3n) is 1.23. The molecule has 0 unspecified atom stereocenters. The van der Waals surface area contributed by atoms with Crippen LogP contribution in [-0.4, -0.2) is 6.21 Å². The molecule has 0 aromatic rings. The van der Waals surface area contributed by atoms with Gasteiger partial charge in [0.1, 0.15) is 0 Å². The second kappa shape index (κ2) is 1.19. The van der Waals surface area contributed by atoms with Crippen molar-refractivity contribution >= 4 is 6.21 Å². The van der Waals surface area contributed by atoms with E-state index in [0.717, 1.165) is 5.70 Å². The van der Waals surface area contributed by atoms with E-state index in [1.165, 1.54) is 5.57 Å². The quantitative estimate of drug-likeness (QED) is 0.437. The third kappa shape index (κ3) is 0.334. The molecule has 8 heavy (non-hydrogen) atoms. The van der Waals surface area contributed by atoms with E-state index in [1.54, 1.807) is 0 Å². The fourth-order valence-electron chi connectivity index (χ4n) is 0.820. The first-order chi connectivity index (χ1) is 3.97. The van der Waals surface area contributed by atoms with Crippen molar-refractivity contribution in [2.45, 2.75) is 0 Å². The SMILES string of the molecule is [C]1=NC2=CC=CC2=C1. The molecule has 0 N–H and O–H groups in total. The molecule has 0 aromatic carbocycles. The minimum Gasteiger partial charge on any atom is -0.246 e. The fourth-order valence-corrected chi connectivity index (χ4v) is 0.820. The lowest BCUT2D eigenvalue weighted by molar-refractivity contribution is 1.44. The van der Waals surface area contributed by atoms with Gasteiger partial charge < -0.3 is 0 Å². The Kier molecular flexibility index (Phi) is 0.570. The number of hydrogen-bond acceptors (Lipinski definition) is 1. The van der Waals surface area contributed by atoms with Crippen LogP contribution in [0, 0.1) is 0 Å². The van der Waals surface area contributed by atoms with E-state index in [-0.39, 0.29) is 0 Å². The van der Waals surface area contributed by atoms with Crippen molar-refractivity contribution in [1.29, 1.82) is 0 Å². The molecule has 2 rings (SSSR count). The van der Waals surface area contributed by atoms with Gasteiger partial charge in [-0.1, -0.05) is 12.2 Å². The number of rotatable bonds is 0. The molecule has 2 aliphatic rings. The maximum atomic E-state index is 3.95. The minimum absolute atomic E-state index is 1.05. The normalized spacial score (nSPS) is 21.0. The van der Waals surface area contributed by atoms with Gasteiger partial charge in [0.15, 0.2) is 0 Å². The Balaban J connectivity index is 2.59. The first kappa shape index (κ1) is 3.84. The lowest BCUT2D eigenvalue weighted by Gasteiger charge is -1.84. The largest absolute Gasteiger partial charge is 0.246 e. The van der Waals surface area contributed by atoms with Crippen molar-refractivity contribution in [3.05, 3.63) is 35.6 Å². The average Bonchev–Trinajstić information content (AvgIpc) is 2.15. The van der Waals surface area contributed by atoms with Gasteiger partial charge in [-0.15, -0.1) is 0 Å². The zero-order valence-corrected chi connectivity index (χ0v) is 4.26. The van der Waals surface area contributed by atoms with Gasteiger partial charge in [0.2, 0.25) is 0 Å². The molecule has 0 saturated carbocycles. The van der Waals surface area contributed by atoms with Crippen molar-refractivity contribution < 1.29 is 0 Å². The lowest BCUT2D eigenvalue weighted by Crippen LogP contribution is -1.66. The summed E-state index contributed by atoms with van der Waals surface area (Å²) in [5.41, 5.74) is 2.23. The highest BCUT2D eigenvalue weighted by Crippen LogP contribution is 2.21. The zero-order chi connectivity index (χ0) is 5.40. The summed E-state index contributed by atoms with van der Waals surface area (Å²) in [4.78, 5) is 3.95. The van der Waals surface area contributed by atoms with E-state index in [2.05, 4.69) is 11.2 Å². The summed E-state index contributed by atoms with van der Waals surface area (Å²) in [6.07, 6.45) is 10.6. The average molecular weight is 102 g/mol. The van der Waals surface area contributed by atoms with Crippen molar-refractivity contribution in [2.24, 2.45) is 4.99 Å². The highest BCUT2D eigenvalue weighted by atomic mass is 14.8. The molecule has 1 nitrogen and oxygen atoms in total. The number of fused-ring (bicyclic) bond motifs is 1. The van der Waals surface area contributed by atoms with Crippen molar-refractivity contribution in [3.63, 3.8) is 0 Å². The molecule has 1 heterocycles. The lowest BCUT2D eigenvalue weighted by atomic mass is 10.3. The Morgan fingerprint density at radius 2 is 2.50 bits per heavy atom. The molecule has 0 saturated heterocycles. The molecule has 0 atom stereocenters. The minimum atomic E-state index is 1.05. The summed E-state index contributed by atoms with van der Waals surface area (Å²) in [6.45, 7) is 0. The van der Waals surface area contributed by atoms with E-state index >= 15 is 0 Å². The van der Waals surface area contributed by atoms with Crippen LogP contribution < -0.4 is 0 Å². The van der Waals surface area contributed by atoms with Gasteiger partial charge in [-0.3, -0.25) is 0 Å². The van der Waals surface area contributed by atoms with Crippen LogP contribution >= 0.6 is 0 Å². The van der Waals surface area contributed by atoms with Gasteiger partial charge >= 0.3 is 0 Å². The summed E-state index contributed by atoms with van der Waals surface area (Å²) >= 11 is 0. The van der Waals surface area contributed by atoms with E-state index < -0.39 is 0 Å². The van der Waals surface area contributed by atoms with Gasteiger partial charge in [0.25, 0.3) is 0 Å². The number of aliphatic imine (C=N–C) groups is 1. The van der Waals surface area contributed by atoms with Crippen LogP contribution in [0.25, 0.3) is 0 Å². The van der Waals surface area contributed by atoms with Gasteiger partial charge in [0, 0.05) is 5.57 Å². The predicted octanol–water partition coefficient (Wildman–Crippen LogP) is 1.33. The molecule has 1 aliphatic heterocycles. The Bertz CT molecular complexity index is 203. The van der Waals surface area contributed by atoms with Crippen molar-refractivity contribution in [2.75, 3.05) is 0 Å². The molecule has 1 heteroatoms. The smallest absolute Gasteiger partial charge is 0.0900 e. The van der Waals surface area contributed by atoms with Crippen LogP contribution in [0.5, 0.6) is 0 Å². The Labute approximate surface area is 47.7 Å². The molecule has 0 bridgehead atoms. The van der Waals surface area contributed by atoms with Gasteiger partial charge in [-0.05, 0) is 12.2 Å². The molecule has 0 amide bonds. The molecule has 37 valence electrons. The summed E-state index contributed by atoms with van der Waals surface area (Å²) in [6, 6.07) is 0.